The third kappa shape index (κ3) is 3.44. The lowest BCUT2D eigenvalue weighted by Crippen LogP contribution is -2.49. The number of ether oxygens (including phenoxy) is 1. The molecule has 1 aromatic carbocycles. The van der Waals surface area contributed by atoms with E-state index in [0.29, 0.717) is 23.9 Å². The highest BCUT2D eigenvalue weighted by atomic mass is 19.1. The molecule has 1 unspecified atom stereocenters. The predicted octanol–water partition coefficient (Wildman–Crippen LogP) is 2.48. The molecule has 3 heterocycles. The predicted molar refractivity (Wildman–Crippen MR) is 90.1 cm³/mol. The maximum absolute atomic E-state index is 14.0. The fourth-order valence-electron chi connectivity index (χ4n) is 3.78. The Bertz CT molecular complexity index is 730. The Labute approximate surface area is 145 Å². The van der Waals surface area contributed by atoms with Crippen molar-refractivity contribution in [3.05, 3.63) is 41.9 Å². The summed E-state index contributed by atoms with van der Waals surface area (Å²) in [7, 11) is 0. The minimum absolute atomic E-state index is 0.0362. The first-order valence-electron chi connectivity index (χ1n) is 8.77. The molecule has 134 valence electrons. The number of piperidine rings is 1. The monoisotopic (exact) mass is 348 g/mol. The largest absolute Gasteiger partial charge is 0.378 e. The van der Waals surface area contributed by atoms with Crippen molar-refractivity contribution in [2.75, 3.05) is 32.8 Å². The van der Waals surface area contributed by atoms with Gasteiger partial charge >= 0.3 is 0 Å². The zero-order valence-corrected chi connectivity index (χ0v) is 14.0. The second-order valence-corrected chi connectivity index (χ2v) is 6.62. The van der Waals surface area contributed by atoms with Crippen LogP contribution in [0.25, 0.3) is 11.3 Å². The first-order chi connectivity index (χ1) is 12.2. The number of morpholine rings is 1. The summed E-state index contributed by atoms with van der Waals surface area (Å²) in [5.74, 6) is -0.402. The van der Waals surface area contributed by atoms with Gasteiger partial charge in [0.1, 0.15) is 17.5 Å². The standard InChI is InChI=1S/C18H22F2N4O/c19-12-1-2-14(15(20)9-12)16-10-22-18(23-16)17-11-25-8-7-24(17)13-3-5-21-6-4-13/h1-2,9-10,13,17,21H,3-8,11H2,(H,22,23). The molecule has 0 saturated carbocycles. The normalized spacial score (nSPS) is 23.0. The van der Waals surface area contributed by atoms with Crippen molar-refractivity contribution in [2.45, 2.75) is 24.9 Å². The van der Waals surface area contributed by atoms with E-state index < -0.39 is 11.6 Å². The van der Waals surface area contributed by atoms with Crippen LogP contribution in [0.2, 0.25) is 0 Å². The van der Waals surface area contributed by atoms with Crippen LogP contribution in [0.3, 0.4) is 0 Å². The third-order valence-electron chi connectivity index (χ3n) is 5.08. The van der Waals surface area contributed by atoms with Gasteiger partial charge in [0.25, 0.3) is 0 Å². The Hall–Kier alpha value is -1.83. The highest BCUT2D eigenvalue weighted by Gasteiger charge is 2.33. The number of aromatic nitrogens is 2. The molecule has 2 aliphatic heterocycles. The smallest absolute Gasteiger partial charge is 0.135 e. The fourth-order valence-corrected chi connectivity index (χ4v) is 3.78. The van der Waals surface area contributed by atoms with Gasteiger partial charge in [-0.15, -0.1) is 0 Å². The topological polar surface area (TPSA) is 53.2 Å². The van der Waals surface area contributed by atoms with Crippen LogP contribution in [0.15, 0.2) is 24.4 Å². The fraction of sp³-hybridized carbons (Fsp3) is 0.500. The number of nitrogens with one attached hydrogen (secondary N) is 2. The van der Waals surface area contributed by atoms with Crippen LogP contribution in [0, 0.1) is 11.6 Å². The zero-order valence-electron chi connectivity index (χ0n) is 14.0. The summed E-state index contributed by atoms with van der Waals surface area (Å²) in [5.41, 5.74) is 0.883. The summed E-state index contributed by atoms with van der Waals surface area (Å²) in [4.78, 5) is 10.1. The number of nitrogens with zero attached hydrogens (tertiary/aromatic N) is 2. The number of benzene rings is 1. The number of hydrogen-bond donors (Lipinski definition) is 2. The molecule has 0 aliphatic carbocycles. The molecule has 1 atom stereocenters. The summed E-state index contributed by atoms with van der Waals surface area (Å²) in [6.45, 7) is 4.22. The maximum atomic E-state index is 14.0. The van der Waals surface area contributed by atoms with Gasteiger partial charge in [-0.25, -0.2) is 13.8 Å². The number of halogens is 2. The van der Waals surface area contributed by atoms with Gasteiger partial charge in [-0.05, 0) is 38.1 Å². The zero-order chi connectivity index (χ0) is 17.2. The van der Waals surface area contributed by atoms with Gasteiger partial charge in [0.15, 0.2) is 0 Å². The molecule has 2 fully saturated rings. The van der Waals surface area contributed by atoms with Crippen LogP contribution in [0.1, 0.15) is 24.7 Å². The van der Waals surface area contributed by atoms with Crippen molar-refractivity contribution in [3.8, 4) is 11.3 Å². The van der Waals surface area contributed by atoms with Crippen LogP contribution in [-0.4, -0.2) is 53.8 Å². The van der Waals surface area contributed by atoms with E-state index in [2.05, 4.69) is 20.2 Å². The molecular formula is C18H22F2N4O. The van der Waals surface area contributed by atoms with E-state index >= 15 is 0 Å². The molecule has 0 spiro atoms. The summed E-state index contributed by atoms with van der Waals surface area (Å²) >= 11 is 0. The van der Waals surface area contributed by atoms with Crippen LogP contribution >= 0.6 is 0 Å². The summed E-state index contributed by atoms with van der Waals surface area (Å²) < 4.78 is 32.8. The molecule has 0 bridgehead atoms. The Morgan fingerprint density at radius 2 is 2.04 bits per heavy atom. The van der Waals surface area contributed by atoms with Crippen molar-refractivity contribution < 1.29 is 13.5 Å². The van der Waals surface area contributed by atoms with Crippen LogP contribution < -0.4 is 5.32 Å². The number of aromatic amines is 1. The first kappa shape index (κ1) is 16.6. The van der Waals surface area contributed by atoms with Gasteiger partial charge in [-0.3, -0.25) is 4.90 Å². The second-order valence-electron chi connectivity index (χ2n) is 6.62. The van der Waals surface area contributed by atoms with Gasteiger partial charge in [0, 0.05) is 24.2 Å². The molecule has 2 aliphatic rings. The molecule has 0 radical (unpaired) electrons. The van der Waals surface area contributed by atoms with Gasteiger partial charge < -0.3 is 15.0 Å². The SMILES string of the molecule is Fc1ccc(-c2cnc(C3COCCN3C3CCNCC3)[nH]2)c(F)c1. The van der Waals surface area contributed by atoms with E-state index in [0.717, 1.165) is 51.0 Å². The van der Waals surface area contributed by atoms with Crippen molar-refractivity contribution in [2.24, 2.45) is 0 Å². The Kier molecular flexibility index (Phi) is 4.78. The lowest BCUT2D eigenvalue weighted by atomic mass is 10.0. The first-order valence-corrected chi connectivity index (χ1v) is 8.77. The number of H-pyrrole nitrogens is 1. The van der Waals surface area contributed by atoms with E-state index in [-0.39, 0.29) is 6.04 Å². The highest BCUT2D eigenvalue weighted by Crippen LogP contribution is 2.29. The maximum Gasteiger partial charge on any atom is 0.135 e. The Morgan fingerprint density at radius 1 is 1.20 bits per heavy atom. The van der Waals surface area contributed by atoms with Crippen LogP contribution in [-0.2, 0) is 4.74 Å². The molecule has 7 heteroatoms. The summed E-state index contributed by atoms with van der Waals surface area (Å²) in [5, 5.41) is 3.39. The Balaban J connectivity index is 1.58. The average molecular weight is 348 g/mol. The van der Waals surface area contributed by atoms with E-state index in [1.807, 2.05) is 0 Å². The third-order valence-corrected chi connectivity index (χ3v) is 5.08. The molecule has 2 N–H and O–H groups in total. The summed E-state index contributed by atoms with van der Waals surface area (Å²) in [6, 6.07) is 4.12. The second kappa shape index (κ2) is 7.19. The molecule has 0 amide bonds. The molecule has 4 rings (SSSR count). The van der Waals surface area contributed by atoms with Crippen molar-refractivity contribution in [1.29, 1.82) is 0 Å². The van der Waals surface area contributed by atoms with E-state index in [1.54, 1.807) is 6.20 Å². The minimum Gasteiger partial charge on any atom is -0.378 e. The van der Waals surface area contributed by atoms with Gasteiger partial charge in [-0.2, -0.15) is 0 Å². The molecule has 5 nitrogen and oxygen atoms in total. The minimum atomic E-state index is -0.592. The lowest BCUT2D eigenvalue weighted by molar-refractivity contribution is -0.0387. The van der Waals surface area contributed by atoms with E-state index in [1.165, 1.54) is 12.1 Å². The highest BCUT2D eigenvalue weighted by molar-refractivity contribution is 5.59. The number of rotatable bonds is 3. The average Bonchev–Trinajstić information content (AvgIpc) is 3.12. The number of imidazole rings is 1. The Morgan fingerprint density at radius 3 is 2.84 bits per heavy atom. The quantitative estimate of drug-likeness (QED) is 0.895. The molecule has 2 saturated heterocycles. The van der Waals surface area contributed by atoms with Crippen molar-refractivity contribution in [3.63, 3.8) is 0 Å². The van der Waals surface area contributed by atoms with Crippen molar-refractivity contribution >= 4 is 0 Å². The lowest BCUT2D eigenvalue weighted by Gasteiger charge is -2.41. The molecule has 25 heavy (non-hydrogen) atoms. The molecular weight excluding hydrogens is 326 g/mol. The van der Waals surface area contributed by atoms with Gasteiger partial charge in [-0.1, -0.05) is 0 Å². The van der Waals surface area contributed by atoms with E-state index in [4.69, 9.17) is 4.74 Å². The van der Waals surface area contributed by atoms with Crippen molar-refractivity contribution in [1.82, 2.24) is 20.2 Å². The van der Waals surface area contributed by atoms with Crippen LogP contribution in [0.5, 0.6) is 0 Å². The van der Waals surface area contributed by atoms with Gasteiger partial charge in [0.2, 0.25) is 0 Å². The van der Waals surface area contributed by atoms with E-state index in [9.17, 15) is 8.78 Å². The van der Waals surface area contributed by atoms with Gasteiger partial charge in [0.05, 0.1) is 31.1 Å². The molecule has 2 aromatic rings. The summed E-state index contributed by atoms with van der Waals surface area (Å²) in [6.07, 6.45) is 3.83. The van der Waals surface area contributed by atoms with Crippen LogP contribution in [0.4, 0.5) is 8.78 Å². The number of hydrogen-bond acceptors (Lipinski definition) is 4. The molecule has 1 aromatic heterocycles.